The molecule has 0 aliphatic rings. The van der Waals surface area contributed by atoms with Crippen molar-refractivity contribution < 1.29 is 14.3 Å². The molecule has 0 heterocycles. The Morgan fingerprint density at radius 1 is 1.31 bits per heavy atom. The summed E-state index contributed by atoms with van der Waals surface area (Å²) in [5, 5.41) is 0. The lowest BCUT2D eigenvalue weighted by molar-refractivity contribution is -0.151. The van der Waals surface area contributed by atoms with Gasteiger partial charge in [-0.15, -0.1) is 0 Å². The first-order valence-electron chi connectivity index (χ1n) is 4.87. The van der Waals surface area contributed by atoms with E-state index in [0.717, 1.165) is 6.42 Å². The third-order valence-corrected chi connectivity index (χ3v) is 1.45. The van der Waals surface area contributed by atoms with E-state index < -0.39 is 0 Å². The molecule has 0 saturated heterocycles. The number of carbonyl (C=O) groups is 1. The molecule has 3 heteroatoms. The van der Waals surface area contributed by atoms with Crippen molar-refractivity contribution >= 4 is 5.97 Å². The molecule has 0 rings (SSSR count). The van der Waals surface area contributed by atoms with Gasteiger partial charge in [-0.1, -0.05) is 6.92 Å². The molecule has 0 aromatic rings. The van der Waals surface area contributed by atoms with Crippen LogP contribution in [0.5, 0.6) is 0 Å². The van der Waals surface area contributed by atoms with Crippen molar-refractivity contribution in [2.24, 2.45) is 0 Å². The van der Waals surface area contributed by atoms with Crippen LogP contribution in [0.3, 0.4) is 0 Å². The molecule has 0 spiro atoms. The van der Waals surface area contributed by atoms with Gasteiger partial charge in [-0.3, -0.25) is 4.79 Å². The second-order valence-corrected chi connectivity index (χ2v) is 3.43. The average molecular weight is 188 g/mol. The van der Waals surface area contributed by atoms with Crippen molar-refractivity contribution in [3.05, 3.63) is 0 Å². The first-order valence-corrected chi connectivity index (χ1v) is 4.87. The van der Waals surface area contributed by atoms with Gasteiger partial charge in [0, 0.05) is 6.42 Å². The minimum atomic E-state index is -0.138. The fraction of sp³-hybridized carbons (Fsp3) is 0.900. The molecule has 0 aromatic heterocycles. The second kappa shape index (κ2) is 6.89. The summed E-state index contributed by atoms with van der Waals surface area (Å²) in [6.07, 6.45) is 1.37. The van der Waals surface area contributed by atoms with Crippen LogP contribution in [0, 0.1) is 0 Å². The van der Waals surface area contributed by atoms with Crippen molar-refractivity contribution in [3.63, 3.8) is 0 Å². The zero-order valence-corrected chi connectivity index (χ0v) is 9.00. The van der Waals surface area contributed by atoms with E-state index in [1.165, 1.54) is 0 Å². The van der Waals surface area contributed by atoms with E-state index in [-0.39, 0.29) is 18.2 Å². The normalized spacial score (nSPS) is 13.0. The van der Waals surface area contributed by atoms with Crippen LogP contribution in [0.2, 0.25) is 0 Å². The fourth-order valence-electron chi connectivity index (χ4n) is 0.849. The number of rotatable bonds is 6. The lowest BCUT2D eigenvalue weighted by Crippen LogP contribution is -2.22. The van der Waals surface area contributed by atoms with Gasteiger partial charge in [0.05, 0.1) is 12.7 Å². The molecule has 1 atom stereocenters. The van der Waals surface area contributed by atoms with E-state index >= 15 is 0 Å². The maximum Gasteiger partial charge on any atom is 0.306 e. The number of ether oxygens (including phenoxy) is 2. The summed E-state index contributed by atoms with van der Waals surface area (Å²) in [7, 11) is 0. The van der Waals surface area contributed by atoms with Crippen LogP contribution in [0.15, 0.2) is 0 Å². The highest BCUT2D eigenvalue weighted by molar-refractivity contribution is 5.69. The lowest BCUT2D eigenvalue weighted by atomic mass is 10.3. The summed E-state index contributed by atoms with van der Waals surface area (Å²) < 4.78 is 10.4. The number of hydrogen-bond acceptors (Lipinski definition) is 3. The van der Waals surface area contributed by atoms with E-state index in [9.17, 15) is 4.79 Å². The van der Waals surface area contributed by atoms with E-state index in [4.69, 9.17) is 9.47 Å². The fourth-order valence-corrected chi connectivity index (χ4v) is 0.849. The van der Waals surface area contributed by atoms with E-state index in [2.05, 4.69) is 0 Å². The molecule has 0 aliphatic heterocycles. The summed E-state index contributed by atoms with van der Waals surface area (Å²) >= 11 is 0. The average Bonchev–Trinajstić information content (AvgIpc) is 2.01. The molecule has 0 bridgehead atoms. The summed E-state index contributed by atoms with van der Waals surface area (Å²) in [5.41, 5.74) is 0. The van der Waals surface area contributed by atoms with Gasteiger partial charge < -0.3 is 9.47 Å². The van der Waals surface area contributed by atoms with Gasteiger partial charge in [0.2, 0.25) is 0 Å². The second-order valence-electron chi connectivity index (χ2n) is 3.43. The van der Waals surface area contributed by atoms with Gasteiger partial charge in [-0.2, -0.15) is 0 Å². The van der Waals surface area contributed by atoms with E-state index in [0.29, 0.717) is 13.0 Å². The van der Waals surface area contributed by atoms with Crippen LogP contribution in [-0.2, 0) is 14.3 Å². The third-order valence-electron chi connectivity index (χ3n) is 1.45. The minimum Gasteiger partial charge on any atom is -0.460 e. The van der Waals surface area contributed by atoms with E-state index in [1.54, 1.807) is 0 Å². The number of carbonyl (C=O) groups excluding carboxylic acids is 1. The molecule has 13 heavy (non-hydrogen) atoms. The van der Waals surface area contributed by atoms with Gasteiger partial charge in [0.1, 0.15) is 6.10 Å². The maximum atomic E-state index is 11.0. The van der Waals surface area contributed by atoms with Crippen LogP contribution in [0.4, 0.5) is 0 Å². The molecule has 0 fully saturated rings. The molecular formula is C10H20O3. The quantitative estimate of drug-likeness (QED) is 0.599. The monoisotopic (exact) mass is 188 g/mol. The number of hydrogen-bond donors (Lipinski definition) is 0. The maximum absolute atomic E-state index is 11.0. The summed E-state index contributed by atoms with van der Waals surface area (Å²) in [6, 6.07) is 0. The van der Waals surface area contributed by atoms with Crippen LogP contribution in [0.1, 0.15) is 40.5 Å². The Hall–Kier alpha value is -0.570. The van der Waals surface area contributed by atoms with Gasteiger partial charge in [-0.25, -0.2) is 0 Å². The predicted molar refractivity (Wildman–Crippen MR) is 51.6 cm³/mol. The summed E-state index contributed by atoms with van der Waals surface area (Å²) in [4.78, 5) is 11.0. The van der Waals surface area contributed by atoms with Crippen molar-refractivity contribution in [3.8, 4) is 0 Å². The van der Waals surface area contributed by atoms with Gasteiger partial charge >= 0.3 is 5.97 Å². The van der Waals surface area contributed by atoms with Gasteiger partial charge in [0.15, 0.2) is 0 Å². The highest BCUT2D eigenvalue weighted by Crippen LogP contribution is 1.99. The Balaban J connectivity index is 3.49. The Morgan fingerprint density at radius 2 is 1.92 bits per heavy atom. The van der Waals surface area contributed by atoms with Crippen LogP contribution in [-0.4, -0.2) is 24.8 Å². The minimum absolute atomic E-state index is 0.137. The highest BCUT2D eigenvalue weighted by Gasteiger charge is 2.08. The van der Waals surface area contributed by atoms with Crippen molar-refractivity contribution in [1.29, 1.82) is 0 Å². The topological polar surface area (TPSA) is 35.5 Å². The van der Waals surface area contributed by atoms with Gasteiger partial charge in [-0.05, 0) is 27.2 Å². The van der Waals surface area contributed by atoms with Gasteiger partial charge in [0.25, 0.3) is 0 Å². The van der Waals surface area contributed by atoms with Crippen LogP contribution < -0.4 is 0 Å². The molecule has 0 aromatic carbocycles. The Bertz CT molecular complexity index is 143. The zero-order chi connectivity index (χ0) is 10.3. The van der Waals surface area contributed by atoms with Crippen molar-refractivity contribution in [2.45, 2.75) is 52.7 Å². The largest absolute Gasteiger partial charge is 0.460 e. The lowest BCUT2D eigenvalue weighted by Gasteiger charge is -2.14. The van der Waals surface area contributed by atoms with Crippen LogP contribution >= 0.6 is 0 Å². The van der Waals surface area contributed by atoms with Crippen LogP contribution in [0.25, 0.3) is 0 Å². The molecule has 0 radical (unpaired) electrons. The highest BCUT2D eigenvalue weighted by atomic mass is 16.6. The standard InChI is InChI=1S/C10H20O3/c1-5-6-10(11)13-9(4)7-12-8(2)3/h8-9H,5-7H2,1-4H3. The summed E-state index contributed by atoms with van der Waals surface area (Å²) in [5.74, 6) is -0.137. The summed E-state index contributed by atoms with van der Waals surface area (Å²) in [6.45, 7) is 8.20. The SMILES string of the molecule is CCCC(=O)OC(C)COC(C)C. The molecule has 0 aliphatic carbocycles. The predicted octanol–water partition coefficient (Wildman–Crippen LogP) is 2.14. The van der Waals surface area contributed by atoms with E-state index in [1.807, 2.05) is 27.7 Å². The molecule has 0 amide bonds. The first-order chi connectivity index (χ1) is 6.06. The molecule has 78 valence electrons. The molecule has 0 N–H and O–H groups in total. The van der Waals surface area contributed by atoms with Crippen molar-refractivity contribution in [1.82, 2.24) is 0 Å². The Labute approximate surface area is 80.4 Å². The molecular weight excluding hydrogens is 168 g/mol. The molecule has 0 saturated carbocycles. The third kappa shape index (κ3) is 7.78. The zero-order valence-electron chi connectivity index (χ0n) is 9.00. The smallest absolute Gasteiger partial charge is 0.306 e. The first kappa shape index (κ1) is 12.4. The molecule has 3 nitrogen and oxygen atoms in total. The van der Waals surface area contributed by atoms with Crippen molar-refractivity contribution in [2.75, 3.05) is 6.61 Å². The Kier molecular flexibility index (Phi) is 6.59. The number of esters is 1. The Morgan fingerprint density at radius 3 is 2.38 bits per heavy atom. The molecule has 1 unspecified atom stereocenters.